The first-order valence-corrected chi connectivity index (χ1v) is 5.67. The zero-order chi connectivity index (χ0) is 11.9. The normalized spacial score (nSPS) is 11.3. The van der Waals surface area contributed by atoms with Crippen LogP contribution >= 0.6 is 11.6 Å². The standard InChI is InChI=1S/C13H14ClNO/c1-8(2)10-7-13(16)15(3)12-5-4-9(14)6-11(10)12/h4-8H,1-3H3. The maximum atomic E-state index is 11.8. The van der Waals surface area contributed by atoms with Crippen molar-refractivity contribution in [1.82, 2.24) is 4.57 Å². The summed E-state index contributed by atoms with van der Waals surface area (Å²) in [6, 6.07) is 7.33. The van der Waals surface area contributed by atoms with Gasteiger partial charge in [-0.2, -0.15) is 0 Å². The summed E-state index contributed by atoms with van der Waals surface area (Å²) in [5.41, 5.74) is 2.01. The molecule has 84 valence electrons. The predicted octanol–water partition coefficient (Wildman–Crippen LogP) is 3.32. The van der Waals surface area contributed by atoms with Crippen LogP contribution in [-0.2, 0) is 7.05 Å². The van der Waals surface area contributed by atoms with Gasteiger partial charge in [0, 0.05) is 23.5 Å². The fraction of sp³-hybridized carbons (Fsp3) is 0.308. The van der Waals surface area contributed by atoms with Gasteiger partial charge in [0.25, 0.3) is 5.56 Å². The van der Waals surface area contributed by atoms with Crippen molar-refractivity contribution in [3.8, 4) is 0 Å². The number of hydrogen-bond donors (Lipinski definition) is 0. The van der Waals surface area contributed by atoms with E-state index in [1.165, 1.54) is 0 Å². The quantitative estimate of drug-likeness (QED) is 0.743. The lowest BCUT2D eigenvalue weighted by Crippen LogP contribution is -2.17. The first-order valence-electron chi connectivity index (χ1n) is 5.30. The van der Waals surface area contributed by atoms with Crippen molar-refractivity contribution in [2.45, 2.75) is 19.8 Å². The van der Waals surface area contributed by atoms with Crippen LogP contribution in [0.3, 0.4) is 0 Å². The number of fused-ring (bicyclic) bond motifs is 1. The molecular weight excluding hydrogens is 222 g/mol. The molecule has 0 saturated heterocycles. The first kappa shape index (κ1) is 11.2. The largest absolute Gasteiger partial charge is 0.311 e. The lowest BCUT2D eigenvalue weighted by atomic mass is 9.99. The molecule has 0 aliphatic heterocycles. The van der Waals surface area contributed by atoms with Gasteiger partial charge in [0.2, 0.25) is 0 Å². The van der Waals surface area contributed by atoms with E-state index in [1.807, 2.05) is 18.2 Å². The number of aryl methyl sites for hydroxylation is 1. The maximum Gasteiger partial charge on any atom is 0.251 e. The molecule has 0 spiro atoms. The lowest BCUT2D eigenvalue weighted by Gasteiger charge is -2.12. The zero-order valence-corrected chi connectivity index (χ0v) is 10.4. The molecular formula is C13H14ClNO. The van der Waals surface area contributed by atoms with Crippen LogP contribution < -0.4 is 5.56 Å². The molecule has 2 nitrogen and oxygen atoms in total. The van der Waals surface area contributed by atoms with Crippen molar-refractivity contribution in [2.24, 2.45) is 7.05 Å². The van der Waals surface area contributed by atoms with E-state index in [9.17, 15) is 4.79 Å². The molecule has 2 rings (SSSR count). The monoisotopic (exact) mass is 235 g/mol. The molecule has 3 heteroatoms. The minimum atomic E-state index is 0.0264. The predicted molar refractivity (Wildman–Crippen MR) is 68.3 cm³/mol. The molecule has 0 aliphatic rings. The zero-order valence-electron chi connectivity index (χ0n) is 9.62. The number of nitrogens with zero attached hydrogens (tertiary/aromatic N) is 1. The van der Waals surface area contributed by atoms with Crippen LogP contribution in [0.25, 0.3) is 10.9 Å². The molecule has 0 unspecified atom stereocenters. The second kappa shape index (κ2) is 3.95. The summed E-state index contributed by atoms with van der Waals surface area (Å²) in [5, 5.41) is 1.76. The Bertz CT molecular complexity index is 599. The molecule has 1 aromatic carbocycles. The third-order valence-electron chi connectivity index (χ3n) is 2.86. The molecule has 0 atom stereocenters. The Hall–Kier alpha value is -1.28. The number of hydrogen-bond acceptors (Lipinski definition) is 1. The Morgan fingerprint density at radius 1 is 1.25 bits per heavy atom. The van der Waals surface area contributed by atoms with Crippen LogP contribution in [0.2, 0.25) is 5.02 Å². The van der Waals surface area contributed by atoms with Crippen LogP contribution in [-0.4, -0.2) is 4.57 Å². The van der Waals surface area contributed by atoms with E-state index in [0.717, 1.165) is 16.5 Å². The van der Waals surface area contributed by atoms with Gasteiger partial charge in [0.05, 0.1) is 5.52 Å². The fourth-order valence-corrected chi connectivity index (χ4v) is 2.11. The summed E-state index contributed by atoms with van der Waals surface area (Å²) in [6.07, 6.45) is 0. The first-order chi connectivity index (χ1) is 7.50. The van der Waals surface area contributed by atoms with Crippen molar-refractivity contribution in [1.29, 1.82) is 0 Å². The van der Waals surface area contributed by atoms with Gasteiger partial charge < -0.3 is 4.57 Å². The van der Waals surface area contributed by atoms with Crippen molar-refractivity contribution >= 4 is 22.5 Å². The molecule has 0 N–H and O–H groups in total. The van der Waals surface area contributed by atoms with Gasteiger partial charge in [-0.05, 0) is 29.7 Å². The van der Waals surface area contributed by atoms with Crippen LogP contribution in [0, 0.1) is 0 Å². The van der Waals surface area contributed by atoms with E-state index < -0.39 is 0 Å². The van der Waals surface area contributed by atoms with Gasteiger partial charge in [0.15, 0.2) is 0 Å². The Kier molecular flexibility index (Phi) is 2.76. The van der Waals surface area contributed by atoms with Gasteiger partial charge in [-0.15, -0.1) is 0 Å². The summed E-state index contributed by atoms with van der Waals surface area (Å²) in [6.45, 7) is 4.16. The highest BCUT2D eigenvalue weighted by atomic mass is 35.5. The summed E-state index contributed by atoms with van der Waals surface area (Å²) in [7, 11) is 1.78. The van der Waals surface area contributed by atoms with Crippen LogP contribution in [0.15, 0.2) is 29.1 Å². The Labute approximate surface area is 99.5 Å². The average Bonchev–Trinajstić information content (AvgIpc) is 2.22. The summed E-state index contributed by atoms with van der Waals surface area (Å²) >= 11 is 6.00. The third kappa shape index (κ3) is 1.74. The highest BCUT2D eigenvalue weighted by Gasteiger charge is 2.09. The number of benzene rings is 1. The second-order valence-electron chi connectivity index (χ2n) is 4.31. The van der Waals surface area contributed by atoms with Gasteiger partial charge in [-0.1, -0.05) is 25.4 Å². The Morgan fingerprint density at radius 3 is 2.56 bits per heavy atom. The minimum Gasteiger partial charge on any atom is -0.311 e. The van der Waals surface area contributed by atoms with Crippen molar-refractivity contribution in [3.05, 3.63) is 45.2 Å². The van der Waals surface area contributed by atoms with E-state index >= 15 is 0 Å². The molecule has 0 saturated carbocycles. The van der Waals surface area contributed by atoms with Gasteiger partial charge in [-0.25, -0.2) is 0 Å². The molecule has 1 aromatic heterocycles. The molecule has 0 radical (unpaired) electrons. The van der Waals surface area contributed by atoms with E-state index in [4.69, 9.17) is 11.6 Å². The molecule has 1 heterocycles. The van der Waals surface area contributed by atoms with Gasteiger partial charge in [0.1, 0.15) is 0 Å². The van der Waals surface area contributed by atoms with Crippen molar-refractivity contribution in [2.75, 3.05) is 0 Å². The molecule has 0 fully saturated rings. The number of aromatic nitrogens is 1. The molecule has 2 aromatic rings. The number of pyridine rings is 1. The molecule has 0 aliphatic carbocycles. The average molecular weight is 236 g/mol. The Balaban J connectivity index is 2.96. The topological polar surface area (TPSA) is 22.0 Å². The van der Waals surface area contributed by atoms with Gasteiger partial charge in [-0.3, -0.25) is 4.79 Å². The smallest absolute Gasteiger partial charge is 0.251 e. The van der Waals surface area contributed by atoms with Gasteiger partial charge >= 0.3 is 0 Å². The van der Waals surface area contributed by atoms with Crippen LogP contribution in [0.5, 0.6) is 0 Å². The van der Waals surface area contributed by atoms with E-state index in [1.54, 1.807) is 17.7 Å². The summed E-state index contributed by atoms with van der Waals surface area (Å²) in [5.74, 6) is 0.315. The van der Waals surface area contributed by atoms with E-state index in [2.05, 4.69) is 13.8 Å². The van der Waals surface area contributed by atoms with Crippen molar-refractivity contribution < 1.29 is 0 Å². The molecule has 16 heavy (non-hydrogen) atoms. The molecule has 0 bridgehead atoms. The van der Waals surface area contributed by atoms with Crippen LogP contribution in [0.1, 0.15) is 25.3 Å². The van der Waals surface area contributed by atoms with E-state index in [-0.39, 0.29) is 5.56 Å². The van der Waals surface area contributed by atoms with E-state index in [0.29, 0.717) is 10.9 Å². The SMILES string of the molecule is CC(C)c1cc(=O)n(C)c2ccc(Cl)cc12. The highest BCUT2D eigenvalue weighted by Crippen LogP contribution is 2.25. The number of rotatable bonds is 1. The summed E-state index contributed by atoms with van der Waals surface area (Å²) in [4.78, 5) is 11.8. The summed E-state index contributed by atoms with van der Waals surface area (Å²) < 4.78 is 1.65. The third-order valence-corrected chi connectivity index (χ3v) is 3.10. The Morgan fingerprint density at radius 2 is 1.94 bits per heavy atom. The fourth-order valence-electron chi connectivity index (χ4n) is 1.94. The lowest BCUT2D eigenvalue weighted by molar-refractivity contribution is 0.846. The minimum absolute atomic E-state index is 0.0264. The molecule has 0 amide bonds. The maximum absolute atomic E-state index is 11.8. The number of halogens is 1. The van der Waals surface area contributed by atoms with Crippen molar-refractivity contribution in [3.63, 3.8) is 0 Å². The second-order valence-corrected chi connectivity index (χ2v) is 4.75. The highest BCUT2D eigenvalue weighted by molar-refractivity contribution is 6.31. The van der Waals surface area contributed by atoms with Crippen LogP contribution in [0.4, 0.5) is 0 Å².